The molecule has 0 radical (unpaired) electrons. The normalized spacial score (nSPS) is 24.9. The Morgan fingerprint density at radius 1 is 1.14 bits per heavy atom. The molecular weight excluding hydrogens is 268 g/mol. The highest BCUT2D eigenvalue weighted by molar-refractivity contribution is 5.72. The molecule has 5 nitrogen and oxygen atoms in total. The van der Waals surface area contributed by atoms with Crippen molar-refractivity contribution in [2.45, 2.75) is 38.1 Å². The highest BCUT2D eigenvalue weighted by atomic mass is 16.7. The van der Waals surface area contributed by atoms with Gasteiger partial charge in [-0.05, 0) is 31.5 Å². The Bertz CT molecular complexity index is 573. The van der Waals surface area contributed by atoms with E-state index in [4.69, 9.17) is 13.9 Å². The number of likely N-dealkylation sites (tertiary alicyclic amines) is 1. The first-order chi connectivity index (χ1) is 10.4. The van der Waals surface area contributed by atoms with Crippen LogP contribution in [0.4, 0.5) is 0 Å². The van der Waals surface area contributed by atoms with Gasteiger partial charge in [0, 0.05) is 0 Å². The molecule has 0 N–H and O–H groups in total. The van der Waals surface area contributed by atoms with Crippen molar-refractivity contribution in [1.82, 2.24) is 9.88 Å². The zero-order valence-electron chi connectivity index (χ0n) is 12.0. The summed E-state index contributed by atoms with van der Waals surface area (Å²) in [5, 5.41) is 0. The molecule has 5 heteroatoms. The van der Waals surface area contributed by atoms with Gasteiger partial charge in [0.2, 0.25) is 5.89 Å². The molecule has 0 aliphatic carbocycles. The molecule has 0 saturated carbocycles. The Morgan fingerprint density at radius 2 is 2.00 bits per heavy atom. The highest BCUT2D eigenvalue weighted by Crippen LogP contribution is 2.26. The smallest absolute Gasteiger partial charge is 0.209 e. The van der Waals surface area contributed by atoms with Crippen molar-refractivity contribution in [1.29, 1.82) is 0 Å². The van der Waals surface area contributed by atoms with E-state index in [1.807, 2.05) is 24.3 Å². The van der Waals surface area contributed by atoms with Gasteiger partial charge in [0.25, 0.3) is 0 Å². The topological polar surface area (TPSA) is 47.7 Å². The van der Waals surface area contributed by atoms with Crippen molar-refractivity contribution in [2.24, 2.45) is 0 Å². The SMILES string of the molecule is c1ccc2oc(CN3CCCC[C@H]3C3OCCO3)nc2c1. The Labute approximate surface area is 123 Å². The van der Waals surface area contributed by atoms with E-state index < -0.39 is 0 Å². The third-order valence-corrected chi connectivity index (χ3v) is 4.30. The fraction of sp³-hybridized carbons (Fsp3) is 0.562. The quantitative estimate of drug-likeness (QED) is 0.868. The molecule has 112 valence electrons. The van der Waals surface area contributed by atoms with E-state index in [9.17, 15) is 0 Å². The minimum absolute atomic E-state index is 0.0883. The summed E-state index contributed by atoms with van der Waals surface area (Å²) in [6.07, 6.45) is 3.47. The van der Waals surface area contributed by atoms with Crippen LogP contribution < -0.4 is 0 Å². The van der Waals surface area contributed by atoms with Gasteiger partial charge in [-0.25, -0.2) is 4.98 Å². The van der Waals surface area contributed by atoms with E-state index in [0.717, 1.165) is 36.5 Å². The zero-order valence-corrected chi connectivity index (χ0v) is 12.0. The lowest BCUT2D eigenvalue weighted by Crippen LogP contribution is -2.46. The van der Waals surface area contributed by atoms with Gasteiger partial charge in [-0.1, -0.05) is 18.6 Å². The van der Waals surface area contributed by atoms with Gasteiger partial charge in [-0.3, -0.25) is 4.90 Å². The largest absolute Gasteiger partial charge is 0.439 e. The first-order valence-electron chi connectivity index (χ1n) is 7.72. The summed E-state index contributed by atoms with van der Waals surface area (Å²) in [5.41, 5.74) is 1.78. The summed E-state index contributed by atoms with van der Waals surface area (Å²) in [6.45, 7) is 3.19. The van der Waals surface area contributed by atoms with Gasteiger partial charge < -0.3 is 13.9 Å². The maximum Gasteiger partial charge on any atom is 0.209 e. The molecule has 4 rings (SSSR count). The number of benzene rings is 1. The van der Waals surface area contributed by atoms with Crippen LogP contribution in [-0.2, 0) is 16.0 Å². The van der Waals surface area contributed by atoms with Crippen molar-refractivity contribution in [2.75, 3.05) is 19.8 Å². The van der Waals surface area contributed by atoms with E-state index in [2.05, 4.69) is 9.88 Å². The van der Waals surface area contributed by atoms with Gasteiger partial charge in [-0.15, -0.1) is 0 Å². The molecule has 2 fully saturated rings. The molecule has 0 amide bonds. The summed E-state index contributed by atoms with van der Waals surface area (Å²) >= 11 is 0. The first kappa shape index (κ1) is 13.2. The van der Waals surface area contributed by atoms with Gasteiger partial charge in [0.1, 0.15) is 5.52 Å². The Hall–Kier alpha value is -1.43. The van der Waals surface area contributed by atoms with Crippen LogP contribution in [0.5, 0.6) is 0 Å². The molecule has 3 heterocycles. The van der Waals surface area contributed by atoms with E-state index in [1.165, 1.54) is 12.8 Å². The lowest BCUT2D eigenvalue weighted by Gasteiger charge is -2.37. The summed E-state index contributed by atoms with van der Waals surface area (Å²) in [4.78, 5) is 6.97. The average Bonchev–Trinajstić information content (AvgIpc) is 3.16. The van der Waals surface area contributed by atoms with Crippen molar-refractivity contribution < 1.29 is 13.9 Å². The van der Waals surface area contributed by atoms with Crippen molar-refractivity contribution in [3.63, 3.8) is 0 Å². The van der Waals surface area contributed by atoms with Crippen molar-refractivity contribution >= 4 is 11.1 Å². The molecule has 0 bridgehead atoms. The molecule has 2 aliphatic rings. The van der Waals surface area contributed by atoms with Crippen molar-refractivity contribution in [3.8, 4) is 0 Å². The molecule has 2 aromatic rings. The number of aromatic nitrogens is 1. The second-order valence-electron chi connectivity index (χ2n) is 5.72. The number of nitrogens with zero attached hydrogens (tertiary/aromatic N) is 2. The predicted octanol–water partition coefficient (Wildman–Crippen LogP) is 2.56. The standard InChI is InChI=1S/C16H20N2O3/c1-2-7-14-12(5-1)17-15(21-14)11-18-8-4-3-6-13(18)16-19-9-10-20-16/h1-2,5,7,13,16H,3-4,6,8-11H2/t13-/m0/s1. The van der Waals surface area contributed by atoms with E-state index in [0.29, 0.717) is 19.3 Å². The molecule has 21 heavy (non-hydrogen) atoms. The lowest BCUT2D eigenvalue weighted by atomic mass is 10.0. The number of para-hydroxylation sites is 2. The molecule has 2 aliphatic heterocycles. The molecular formula is C16H20N2O3. The van der Waals surface area contributed by atoms with Gasteiger partial charge >= 0.3 is 0 Å². The Kier molecular flexibility index (Phi) is 3.63. The summed E-state index contributed by atoms with van der Waals surface area (Å²) in [6, 6.07) is 8.22. The summed E-state index contributed by atoms with van der Waals surface area (Å²) < 4.78 is 17.3. The first-order valence-corrected chi connectivity index (χ1v) is 7.72. The Balaban J connectivity index is 1.53. The lowest BCUT2D eigenvalue weighted by molar-refractivity contribution is -0.112. The number of fused-ring (bicyclic) bond motifs is 1. The minimum atomic E-state index is -0.0883. The Morgan fingerprint density at radius 3 is 2.86 bits per heavy atom. The number of ether oxygens (including phenoxy) is 2. The van der Waals surface area contributed by atoms with E-state index in [1.54, 1.807) is 0 Å². The predicted molar refractivity (Wildman–Crippen MR) is 77.8 cm³/mol. The second kappa shape index (κ2) is 5.75. The van der Waals surface area contributed by atoms with Crippen LogP contribution in [0.3, 0.4) is 0 Å². The van der Waals surface area contributed by atoms with Gasteiger partial charge in [0.15, 0.2) is 11.9 Å². The van der Waals surface area contributed by atoms with Crippen LogP contribution in [0.15, 0.2) is 28.7 Å². The molecule has 2 saturated heterocycles. The van der Waals surface area contributed by atoms with E-state index >= 15 is 0 Å². The van der Waals surface area contributed by atoms with Gasteiger partial charge in [-0.2, -0.15) is 0 Å². The highest BCUT2D eigenvalue weighted by Gasteiger charge is 2.34. The number of hydrogen-bond acceptors (Lipinski definition) is 5. The summed E-state index contributed by atoms with van der Waals surface area (Å²) in [7, 11) is 0. The van der Waals surface area contributed by atoms with Crippen LogP contribution in [-0.4, -0.2) is 42.0 Å². The second-order valence-corrected chi connectivity index (χ2v) is 5.72. The molecule has 1 aromatic heterocycles. The monoisotopic (exact) mass is 288 g/mol. The molecule has 0 unspecified atom stereocenters. The van der Waals surface area contributed by atoms with Crippen LogP contribution in [0.1, 0.15) is 25.2 Å². The van der Waals surface area contributed by atoms with Crippen LogP contribution >= 0.6 is 0 Å². The fourth-order valence-electron chi connectivity index (χ4n) is 3.28. The third-order valence-electron chi connectivity index (χ3n) is 4.30. The zero-order chi connectivity index (χ0) is 14.1. The molecule has 1 aromatic carbocycles. The van der Waals surface area contributed by atoms with Gasteiger partial charge in [0.05, 0.1) is 25.8 Å². The minimum Gasteiger partial charge on any atom is -0.439 e. The molecule has 1 atom stereocenters. The maximum atomic E-state index is 5.85. The van der Waals surface area contributed by atoms with Crippen LogP contribution in [0.25, 0.3) is 11.1 Å². The average molecular weight is 288 g/mol. The number of hydrogen-bond donors (Lipinski definition) is 0. The summed E-state index contributed by atoms with van der Waals surface area (Å²) in [5.74, 6) is 0.779. The van der Waals surface area contributed by atoms with Crippen LogP contribution in [0, 0.1) is 0 Å². The van der Waals surface area contributed by atoms with E-state index in [-0.39, 0.29) is 6.29 Å². The third kappa shape index (κ3) is 2.69. The molecule has 0 spiro atoms. The van der Waals surface area contributed by atoms with Crippen LogP contribution in [0.2, 0.25) is 0 Å². The number of rotatable bonds is 3. The number of oxazole rings is 1. The fourth-order valence-corrected chi connectivity index (χ4v) is 3.28. The van der Waals surface area contributed by atoms with Crippen molar-refractivity contribution in [3.05, 3.63) is 30.2 Å². The number of piperidine rings is 1. The maximum absolute atomic E-state index is 5.85.